The van der Waals surface area contributed by atoms with E-state index in [2.05, 4.69) is 16.4 Å². The first-order valence-electron chi connectivity index (χ1n) is 7.67. The number of benzene rings is 1. The lowest BCUT2D eigenvalue weighted by Gasteiger charge is -2.36. The number of hydrogen-bond donors (Lipinski definition) is 3. The molecule has 5 nitrogen and oxygen atoms in total. The molecule has 1 aliphatic rings. The average Bonchev–Trinajstić information content (AvgIpc) is 2.81. The van der Waals surface area contributed by atoms with Crippen molar-refractivity contribution in [2.75, 3.05) is 6.61 Å². The Kier molecular flexibility index (Phi) is 3.60. The van der Waals surface area contributed by atoms with Crippen molar-refractivity contribution in [1.82, 2.24) is 15.2 Å². The van der Waals surface area contributed by atoms with Crippen molar-refractivity contribution in [2.24, 2.45) is 0 Å². The molecular weight excluding hydrogens is 278 g/mol. The molecule has 2 amide bonds. The molecule has 2 aromatic rings. The Balaban J connectivity index is 1.93. The lowest BCUT2D eigenvalue weighted by Crippen LogP contribution is -2.54. The van der Waals surface area contributed by atoms with Crippen LogP contribution in [0.2, 0.25) is 0 Å². The number of rotatable bonds is 1. The molecule has 22 heavy (non-hydrogen) atoms. The molecule has 0 radical (unpaired) electrons. The molecule has 5 heteroatoms. The predicted octanol–water partition coefficient (Wildman–Crippen LogP) is 2.40. The molecule has 0 bridgehead atoms. The highest BCUT2D eigenvalue weighted by Gasteiger charge is 2.32. The van der Waals surface area contributed by atoms with E-state index in [9.17, 15) is 9.90 Å². The van der Waals surface area contributed by atoms with Crippen molar-refractivity contribution >= 4 is 16.9 Å². The maximum atomic E-state index is 12.5. The Hall–Kier alpha value is -2.01. The summed E-state index contributed by atoms with van der Waals surface area (Å²) in [4.78, 5) is 17.6. The average molecular weight is 301 g/mol. The van der Waals surface area contributed by atoms with Crippen molar-refractivity contribution in [3.05, 3.63) is 35.5 Å². The van der Waals surface area contributed by atoms with E-state index in [0.29, 0.717) is 13.0 Å². The summed E-state index contributed by atoms with van der Waals surface area (Å²) in [6.07, 6.45) is 0.674. The van der Waals surface area contributed by atoms with Crippen LogP contribution in [0.3, 0.4) is 0 Å². The standard InChI is InChI=1S/C17H23N3O2/c1-17(2,3)19-16(22)20-9-15-13(8-11(20)10-21)12-6-4-5-7-14(12)18-15/h4-7,11,18,21H,8-10H2,1-3H3,(H,19,22). The fraction of sp³-hybridized carbons (Fsp3) is 0.471. The van der Waals surface area contributed by atoms with Gasteiger partial charge < -0.3 is 20.3 Å². The maximum absolute atomic E-state index is 12.5. The number of aliphatic hydroxyl groups excluding tert-OH is 1. The number of hydrogen-bond acceptors (Lipinski definition) is 2. The van der Waals surface area contributed by atoms with Gasteiger partial charge in [-0.15, -0.1) is 0 Å². The predicted molar refractivity (Wildman–Crippen MR) is 86.7 cm³/mol. The first-order valence-corrected chi connectivity index (χ1v) is 7.67. The minimum absolute atomic E-state index is 0.0312. The van der Waals surface area contributed by atoms with Crippen molar-refractivity contribution in [2.45, 2.75) is 45.3 Å². The molecule has 3 rings (SSSR count). The largest absolute Gasteiger partial charge is 0.394 e. The normalized spacial score (nSPS) is 18.4. The summed E-state index contributed by atoms with van der Waals surface area (Å²) >= 11 is 0. The second-order valence-electron chi connectivity index (χ2n) is 6.98. The third-order valence-corrected chi connectivity index (χ3v) is 4.06. The van der Waals surface area contributed by atoms with E-state index >= 15 is 0 Å². The summed E-state index contributed by atoms with van der Waals surface area (Å²) in [6.45, 7) is 6.33. The molecule has 1 aliphatic heterocycles. The molecule has 0 saturated carbocycles. The van der Waals surface area contributed by atoms with Crippen LogP contribution in [0.15, 0.2) is 24.3 Å². The fourth-order valence-corrected chi connectivity index (χ4v) is 3.06. The van der Waals surface area contributed by atoms with Crippen LogP contribution in [-0.2, 0) is 13.0 Å². The van der Waals surface area contributed by atoms with Crippen LogP contribution >= 0.6 is 0 Å². The highest BCUT2D eigenvalue weighted by molar-refractivity contribution is 5.85. The second kappa shape index (κ2) is 5.32. The van der Waals surface area contributed by atoms with Crippen molar-refractivity contribution < 1.29 is 9.90 Å². The topological polar surface area (TPSA) is 68.4 Å². The molecule has 1 unspecified atom stereocenters. The van der Waals surface area contributed by atoms with E-state index in [0.717, 1.165) is 11.2 Å². The number of nitrogens with zero attached hydrogens (tertiary/aromatic N) is 1. The SMILES string of the molecule is CC(C)(C)NC(=O)N1Cc2[nH]c3ccccc3c2CC1CO. The lowest BCUT2D eigenvalue weighted by molar-refractivity contribution is 0.116. The van der Waals surface area contributed by atoms with Crippen molar-refractivity contribution in [3.63, 3.8) is 0 Å². The zero-order valence-corrected chi connectivity index (χ0v) is 13.3. The lowest BCUT2D eigenvalue weighted by atomic mass is 9.97. The third-order valence-electron chi connectivity index (χ3n) is 4.06. The number of fused-ring (bicyclic) bond motifs is 3. The number of carbonyl (C=O) groups excluding carboxylic acids is 1. The van der Waals surface area contributed by atoms with Crippen LogP contribution in [0, 0.1) is 0 Å². The van der Waals surface area contributed by atoms with Gasteiger partial charge in [-0.05, 0) is 38.8 Å². The third kappa shape index (κ3) is 2.68. The van der Waals surface area contributed by atoms with Crippen molar-refractivity contribution in [3.8, 4) is 0 Å². The Morgan fingerprint density at radius 1 is 1.41 bits per heavy atom. The number of aromatic amines is 1. The summed E-state index contributed by atoms with van der Waals surface area (Å²) in [7, 11) is 0. The molecule has 1 aromatic heterocycles. The van der Waals surface area contributed by atoms with Gasteiger partial charge in [-0.3, -0.25) is 0 Å². The number of amides is 2. The van der Waals surface area contributed by atoms with E-state index in [1.54, 1.807) is 4.90 Å². The minimum Gasteiger partial charge on any atom is -0.394 e. The molecule has 118 valence electrons. The first-order chi connectivity index (χ1) is 10.4. The van der Waals surface area contributed by atoms with E-state index in [1.807, 2.05) is 39.0 Å². The molecule has 0 spiro atoms. The number of para-hydroxylation sites is 1. The number of H-pyrrole nitrogens is 1. The van der Waals surface area contributed by atoms with Gasteiger partial charge in [0.15, 0.2) is 0 Å². The monoisotopic (exact) mass is 301 g/mol. The van der Waals surface area contributed by atoms with E-state index < -0.39 is 0 Å². The van der Waals surface area contributed by atoms with Gasteiger partial charge in [-0.25, -0.2) is 4.79 Å². The zero-order valence-electron chi connectivity index (χ0n) is 13.3. The quantitative estimate of drug-likeness (QED) is 0.757. The number of nitrogens with one attached hydrogen (secondary N) is 2. The Morgan fingerprint density at radius 3 is 2.82 bits per heavy atom. The fourth-order valence-electron chi connectivity index (χ4n) is 3.06. The van der Waals surface area contributed by atoms with Crippen LogP contribution in [0.5, 0.6) is 0 Å². The summed E-state index contributed by atoms with van der Waals surface area (Å²) in [5.41, 5.74) is 3.07. The van der Waals surface area contributed by atoms with Crippen LogP contribution in [0.25, 0.3) is 10.9 Å². The van der Waals surface area contributed by atoms with Gasteiger partial charge >= 0.3 is 6.03 Å². The number of aromatic nitrogens is 1. The molecule has 0 saturated heterocycles. The van der Waals surface area contributed by atoms with Gasteiger partial charge in [0.2, 0.25) is 0 Å². The Morgan fingerprint density at radius 2 is 2.14 bits per heavy atom. The number of aliphatic hydroxyl groups is 1. The second-order valence-corrected chi connectivity index (χ2v) is 6.98. The zero-order chi connectivity index (χ0) is 15.9. The molecule has 1 atom stereocenters. The molecule has 0 aliphatic carbocycles. The van der Waals surface area contributed by atoms with Gasteiger partial charge in [0, 0.05) is 22.1 Å². The molecule has 3 N–H and O–H groups in total. The first kappa shape index (κ1) is 14.9. The molecule has 0 fully saturated rings. The number of carbonyl (C=O) groups is 1. The summed E-state index contributed by atoms with van der Waals surface area (Å²) in [6, 6.07) is 7.83. The van der Waals surface area contributed by atoms with Crippen LogP contribution in [-0.4, -0.2) is 39.2 Å². The van der Waals surface area contributed by atoms with Gasteiger partial charge in [0.25, 0.3) is 0 Å². The van der Waals surface area contributed by atoms with E-state index in [-0.39, 0.29) is 24.2 Å². The van der Waals surface area contributed by atoms with Gasteiger partial charge in [-0.1, -0.05) is 18.2 Å². The maximum Gasteiger partial charge on any atom is 0.318 e. The van der Waals surface area contributed by atoms with Crippen LogP contribution < -0.4 is 5.32 Å². The Labute approximate surface area is 130 Å². The molecule has 2 heterocycles. The smallest absolute Gasteiger partial charge is 0.318 e. The van der Waals surface area contributed by atoms with Gasteiger partial charge in [-0.2, -0.15) is 0 Å². The van der Waals surface area contributed by atoms with E-state index in [4.69, 9.17) is 0 Å². The van der Waals surface area contributed by atoms with Gasteiger partial charge in [0.1, 0.15) is 0 Å². The van der Waals surface area contributed by atoms with Crippen molar-refractivity contribution in [1.29, 1.82) is 0 Å². The minimum atomic E-state index is -0.294. The molecular formula is C17H23N3O2. The summed E-state index contributed by atoms with van der Waals surface area (Å²) < 4.78 is 0. The Bertz CT molecular complexity index is 699. The number of urea groups is 1. The van der Waals surface area contributed by atoms with Crippen LogP contribution in [0.1, 0.15) is 32.0 Å². The van der Waals surface area contributed by atoms with Crippen LogP contribution in [0.4, 0.5) is 4.79 Å². The highest BCUT2D eigenvalue weighted by Crippen LogP contribution is 2.30. The summed E-state index contributed by atoms with van der Waals surface area (Å²) in [5.74, 6) is 0. The summed E-state index contributed by atoms with van der Waals surface area (Å²) in [5, 5.41) is 13.9. The van der Waals surface area contributed by atoms with Gasteiger partial charge in [0.05, 0.1) is 19.2 Å². The molecule has 1 aromatic carbocycles. The van der Waals surface area contributed by atoms with E-state index in [1.165, 1.54) is 10.9 Å². The highest BCUT2D eigenvalue weighted by atomic mass is 16.3.